The smallest absolute Gasteiger partial charge is 0.343 e. The molecule has 21 heavy (non-hydrogen) atoms. The Labute approximate surface area is 126 Å². The van der Waals surface area contributed by atoms with Crippen molar-refractivity contribution in [2.45, 2.75) is 13.8 Å². The molecule has 2 N–H and O–H groups in total. The Balaban J connectivity index is 2.09. The third-order valence-corrected chi connectivity index (χ3v) is 3.45. The summed E-state index contributed by atoms with van der Waals surface area (Å²) in [5, 5.41) is 5.67. The van der Waals surface area contributed by atoms with Gasteiger partial charge in [0.25, 0.3) is 0 Å². The number of esters is 1. The number of carbonyl (C=O) groups is 2. The highest BCUT2D eigenvalue weighted by molar-refractivity contribution is 7.11. The van der Waals surface area contributed by atoms with E-state index in [0.717, 1.165) is 11.5 Å². The molecular weight excluding hydrogens is 290 g/mol. The van der Waals surface area contributed by atoms with Gasteiger partial charge in [0.1, 0.15) is 10.6 Å². The first-order chi connectivity index (χ1) is 10.1. The van der Waals surface area contributed by atoms with E-state index < -0.39 is 12.0 Å². The van der Waals surface area contributed by atoms with Gasteiger partial charge in [-0.2, -0.15) is 4.37 Å². The van der Waals surface area contributed by atoms with Gasteiger partial charge in [0, 0.05) is 5.69 Å². The lowest BCUT2D eigenvalue weighted by Gasteiger charge is -2.07. The van der Waals surface area contributed by atoms with E-state index >= 15 is 0 Å². The lowest BCUT2D eigenvalue weighted by molar-refractivity contribution is 0.0527. The molecule has 0 aliphatic rings. The van der Waals surface area contributed by atoms with Crippen LogP contribution in [-0.2, 0) is 4.74 Å². The van der Waals surface area contributed by atoms with Crippen LogP contribution in [0.2, 0.25) is 0 Å². The van der Waals surface area contributed by atoms with Crippen LogP contribution < -0.4 is 10.6 Å². The summed E-state index contributed by atoms with van der Waals surface area (Å²) in [6, 6.07) is 8.59. The van der Waals surface area contributed by atoms with E-state index in [2.05, 4.69) is 15.0 Å². The first-order valence-electron chi connectivity index (χ1n) is 6.38. The minimum atomic E-state index is -0.487. The number of para-hydroxylation sites is 1. The Morgan fingerprint density at radius 2 is 1.95 bits per heavy atom. The largest absolute Gasteiger partial charge is 0.462 e. The molecular formula is C14H15N3O3S. The van der Waals surface area contributed by atoms with Crippen LogP contribution in [0.25, 0.3) is 0 Å². The van der Waals surface area contributed by atoms with Gasteiger partial charge in [-0.15, -0.1) is 0 Å². The van der Waals surface area contributed by atoms with Gasteiger partial charge >= 0.3 is 12.0 Å². The van der Waals surface area contributed by atoms with Crippen LogP contribution >= 0.6 is 11.5 Å². The minimum absolute atomic E-state index is 0.268. The summed E-state index contributed by atoms with van der Waals surface area (Å²) >= 11 is 1.05. The van der Waals surface area contributed by atoms with Gasteiger partial charge in [0.15, 0.2) is 0 Å². The number of aryl methyl sites for hydroxylation is 1. The number of ether oxygens (including phenoxy) is 1. The molecule has 2 amide bonds. The number of urea groups is 1. The van der Waals surface area contributed by atoms with E-state index in [4.69, 9.17) is 4.74 Å². The first kappa shape index (κ1) is 15.0. The number of carbonyl (C=O) groups excluding carboxylic acids is 2. The molecule has 0 aliphatic heterocycles. The predicted octanol–water partition coefficient (Wildman–Crippen LogP) is 3.27. The second-order valence-corrected chi connectivity index (χ2v) is 4.91. The molecule has 6 nitrogen and oxygen atoms in total. The monoisotopic (exact) mass is 305 g/mol. The van der Waals surface area contributed by atoms with Crippen molar-refractivity contribution in [3.8, 4) is 0 Å². The van der Waals surface area contributed by atoms with Gasteiger partial charge in [-0.1, -0.05) is 18.2 Å². The summed E-state index contributed by atoms with van der Waals surface area (Å²) in [6.07, 6.45) is 0. The minimum Gasteiger partial charge on any atom is -0.462 e. The normalized spacial score (nSPS) is 10.0. The summed E-state index contributed by atoms with van der Waals surface area (Å²) in [5.41, 5.74) is 1.49. The van der Waals surface area contributed by atoms with Crippen molar-refractivity contribution in [1.29, 1.82) is 0 Å². The summed E-state index contributed by atoms with van der Waals surface area (Å²) in [7, 11) is 0. The van der Waals surface area contributed by atoms with Crippen molar-refractivity contribution in [3.63, 3.8) is 0 Å². The van der Waals surface area contributed by atoms with Gasteiger partial charge < -0.3 is 10.1 Å². The molecule has 0 radical (unpaired) electrons. The number of anilines is 2. The van der Waals surface area contributed by atoms with Crippen LogP contribution in [-0.4, -0.2) is 23.0 Å². The number of rotatable bonds is 4. The van der Waals surface area contributed by atoms with Crippen LogP contribution in [0.5, 0.6) is 0 Å². The molecule has 0 aliphatic carbocycles. The molecule has 7 heteroatoms. The number of hydrogen-bond donors (Lipinski definition) is 2. The van der Waals surface area contributed by atoms with Crippen molar-refractivity contribution in [2.75, 3.05) is 17.2 Å². The van der Waals surface area contributed by atoms with Crippen molar-refractivity contribution in [3.05, 3.63) is 41.6 Å². The molecule has 1 aromatic carbocycles. The van der Waals surface area contributed by atoms with Crippen LogP contribution in [0.3, 0.4) is 0 Å². The van der Waals surface area contributed by atoms with Crippen molar-refractivity contribution < 1.29 is 14.3 Å². The fourth-order valence-electron chi connectivity index (χ4n) is 1.69. The molecule has 2 aromatic rings. The molecule has 0 fully saturated rings. The van der Waals surface area contributed by atoms with Gasteiger partial charge in [-0.3, -0.25) is 5.32 Å². The standard InChI is InChI=1S/C14H15N3O3S/c1-3-20-13(18)11-9(2)17-21-12(11)16-14(19)15-10-7-5-4-6-8-10/h4-8H,3H2,1-2H3,(H2,15,16,19). The van der Waals surface area contributed by atoms with Gasteiger partial charge in [-0.25, -0.2) is 9.59 Å². The molecule has 0 unspecified atom stereocenters. The van der Waals surface area contributed by atoms with Crippen LogP contribution in [0.4, 0.5) is 15.5 Å². The van der Waals surface area contributed by atoms with E-state index in [1.165, 1.54) is 0 Å². The summed E-state index contributed by atoms with van der Waals surface area (Å²) in [4.78, 5) is 23.8. The molecule has 0 saturated carbocycles. The second kappa shape index (κ2) is 6.85. The molecule has 1 heterocycles. The average Bonchev–Trinajstić information content (AvgIpc) is 2.81. The zero-order valence-electron chi connectivity index (χ0n) is 11.7. The van der Waals surface area contributed by atoms with Gasteiger partial charge in [0.2, 0.25) is 0 Å². The topological polar surface area (TPSA) is 80.3 Å². The third kappa shape index (κ3) is 3.79. The van der Waals surface area contributed by atoms with E-state index in [1.807, 2.05) is 18.2 Å². The zero-order chi connectivity index (χ0) is 15.2. The molecule has 0 bridgehead atoms. The molecule has 110 valence electrons. The SMILES string of the molecule is CCOC(=O)c1c(C)nsc1NC(=O)Nc1ccccc1. The maximum atomic E-state index is 11.9. The van der Waals surface area contributed by atoms with Crippen LogP contribution in [0, 0.1) is 6.92 Å². The highest BCUT2D eigenvalue weighted by atomic mass is 32.1. The van der Waals surface area contributed by atoms with Gasteiger partial charge in [-0.05, 0) is 37.5 Å². The maximum Gasteiger partial charge on any atom is 0.343 e. The first-order valence-corrected chi connectivity index (χ1v) is 7.15. The molecule has 1 aromatic heterocycles. The second-order valence-electron chi connectivity index (χ2n) is 4.14. The van der Waals surface area contributed by atoms with E-state index in [-0.39, 0.29) is 6.61 Å². The van der Waals surface area contributed by atoms with E-state index in [9.17, 15) is 9.59 Å². The molecule has 0 spiro atoms. The predicted molar refractivity (Wildman–Crippen MR) is 81.9 cm³/mol. The summed E-state index contributed by atoms with van der Waals surface area (Å²) in [5.74, 6) is -0.487. The molecule has 2 rings (SSSR count). The molecule has 0 atom stereocenters. The fourth-order valence-corrected chi connectivity index (χ4v) is 2.47. The third-order valence-electron chi connectivity index (χ3n) is 2.60. The number of amides is 2. The van der Waals surface area contributed by atoms with Crippen molar-refractivity contribution in [2.24, 2.45) is 0 Å². The van der Waals surface area contributed by atoms with Crippen LogP contribution in [0.1, 0.15) is 23.0 Å². The van der Waals surface area contributed by atoms with Crippen LogP contribution in [0.15, 0.2) is 30.3 Å². The Hall–Kier alpha value is -2.41. The number of aromatic nitrogens is 1. The lowest BCUT2D eigenvalue weighted by Crippen LogP contribution is -2.20. The summed E-state index contributed by atoms with van der Waals surface area (Å²) < 4.78 is 9.04. The zero-order valence-corrected chi connectivity index (χ0v) is 12.5. The number of hydrogen-bond acceptors (Lipinski definition) is 5. The Kier molecular flexibility index (Phi) is 4.89. The number of benzene rings is 1. The van der Waals surface area contributed by atoms with Gasteiger partial charge in [0.05, 0.1) is 12.3 Å². The van der Waals surface area contributed by atoms with E-state index in [0.29, 0.717) is 21.9 Å². The highest BCUT2D eigenvalue weighted by Crippen LogP contribution is 2.25. The molecule has 0 saturated heterocycles. The number of nitrogens with zero attached hydrogens (tertiary/aromatic N) is 1. The Morgan fingerprint density at radius 3 is 2.62 bits per heavy atom. The Bertz CT molecular complexity index is 640. The fraction of sp³-hybridized carbons (Fsp3) is 0.214. The Morgan fingerprint density at radius 1 is 1.24 bits per heavy atom. The number of nitrogens with one attached hydrogen (secondary N) is 2. The van der Waals surface area contributed by atoms with Crippen molar-refractivity contribution in [1.82, 2.24) is 4.37 Å². The quantitative estimate of drug-likeness (QED) is 0.850. The maximum absolute atomic E-state index is 11.9. The van der Waals surface area contributed by atoms with Crippen molar-refractivity contribution >= 4 is 34.2 Å². The van der Waals surface area contributed by atoms with E-state index in [1.54, 1.807) is 26.0 Å². The lowest BCUT2D eigenvalue weighted by atomic mass is 10.2. The highest BCUT2D eigenvalue weighted by Gasteiger charge is 2.21. The average molecular weight is 305 g/mol. The summed E-state index contributed by atoms with van der Waals surface area (Å²) in [6.45, 7) is 3.69.